The number of anilines is 1. The highest BCUT2D eigenvalue weighted by atomic mass is 35.5. The van der Waals surface area contributed by atoms with Crippen molar-refractivity contribution in [1.82, 2.24) is 5.43 Å². The fourth-order valence-electron chi connectivity index (χ4n) is 2.08. The van der Waals surface area contributed by atoms with E-state index in [4.69, 9.17) is 17.3 Å². The van der Waals surface area contributed by atoms with Gasteiger partial charge in [0.05, 0.1) is 5.69 Å². The maximum atomic E-state index is 5.98. The maximum Gasteiger partial charge on any atom is 0.0633 e. The van der Waals surface area contributed by atoms with Crippen LogP contribution >= 0.6 is 11.6 Å². The summed E-state index contributed by atoms with van der Waals surface area (Å²) in [6.45, 7) is 0. The normalized spacial score (nSPS) is 17.4. The van der Waals surface area contributed by atoms with Crippen LogP contribution in [-0.4, -0.2) is 0 Å². The number of hydrogen-bond donors (Lipinski definition) is 3. The summed E-state index contributed by atoms with van der Waals surface area (Å²) in [5.41, 5.74) is 17.3. The first kappa shape index (κ1) is 10.3. The van der Waals surface area contributed by atoms with Gasteiger partial charge in [-0.1, -0.05) is 23.7 Å². The van der Waals surface area contributed by atoms with Crippen molar-refractivity contribution in [2.24, 2.45) is 5.73 Å². The van der Waals surface area contributed by atoms with Gasteiger partial charge in [0.15, 0.2) is 0 Å². The fraction of sp³-hybridized carbons (Fsp3) is 0.0769. The number of fused-ring (bicyclic) bond motifs is 2. The molecule has 3 nitrogen and oxygen atoms in total. The summed E-state index contributed by atoms with van der Waals surface area (Å²) in [4.78, 5) is 0. The summed E-state index contributed by atoms with van der Waals surface area (Å²) in [5, 5.41) is 0.714. The lowest BCUT2D eigenvalue weighted by Gasteiger charge is -2.24. The van der Waals surface area contributed by atoms with Crippen molar-refractivity contribution in [3.63, 3.8) is 0 Å². The zero-order valence-corrected chi connectivity index (χ0v) is 9.88. The second-order valence-electron chi connectivity index (χ2n) is 4.08. The number of rotatable bonds is 0. The highest BCUT2D eigenvalue weighted by Crippen LogP contribution is 2.34. The molecular formula is C13H12ClN3. The van der Waals surface area contributed by atoms with Crippen LogP contribution in [0, 0.1) is 0 Å². The summed E-state index contributed by atoms with van der Waals surface area (Å²) in [6, 6.07) is 5.80. The number of nitrogens with one attached hydrogen (secondary N) is 2. The molecule has 0 saturated heterocycles. The van der Waals surface area contributed by atoms with Crippen molar-refractivity contribution in [1.29, 1.82) is 0 Å². The minimum atomic E-state index is 0.714. The zero-order chi connectivity index (χ0) is 11.8. The molecule has 0 unspecified atom stereocenters. The predicted molar refractivity (Wildman–Crippen MR) is 71.2 cm³/mol. The molecule has 1 heterocycles. The van der Waals surface area contributed by atoms with Gasteiger partial charge in [-0.2, -0.15) is 0 Å². The monoisotopic (exact) mass is 245 g/mol. The van der Waals surface area contributed by atoms with E-state index in [2.05, 4.69) is 10.9 Å². The first-order chi connectivity index (χ1) is 8.24. The largest absolute Gasteiger partial charge is 0.399 e. The summed E-state index contributed by atoms with van der Waals surface area (Å²) >= 11 is 5.98. The van der Waals surface area contributed by atoms with E-state index in [0.717, 1.165) is 34.6 Å². The standard InChI is InChI=1S/C13H12ClN3/c14-8-4-5-10-11-7-9(15)2-1-3-12(11)16-17-13(10)6-8/h1-2,4-7,16-17H,3,15H2. The van der Waals surface area contributed by atoms with Crippen molar-refractivity contribution in [2.75, 3.05) is 5.43 Å². The molecule has 0 saturated carbocycles. The molecule has 1 aliphatic carbocycles. The SMILES string of the molecule is NC1=CC2=C(CC=C1)NNc1cc(Cl)ccc12. The number of allylic oxidation sites excluding steroid dienone is 4. The van der Waals surface area contributed by atoms with Gasteiger partial charge in [0.25, 0.3) is 0 Å². The molecule has 0 atom stereocenters. The number of halogens is 1. The van der Waals surface area contributed by atoms with Gasteiger partial charge in [-0.15, -0.1) is 0 Å². The van der Waals surface area contributed by atoms with Crippen LogP contribution in [0.5, 0.6) is 0 Å². The Morgan fingerprint density at radius 1 is 1.24 bits per heavy atom. The summed E-state index contributed by atoms with van der Waals surface area (Å²) < 4.78 is 0. The van der Waals surface area contributed by atoms with E-state index in [0.29, 0.717) is 5.02 Å². The van der Waals surface area contributed by atoms with Crippen molar-refractivity contribution in [3.8, 4) is 0 Å². The van der Waals surface area contributed by atoms with Crippen LogP contribution < -0.4 is 16.6 Å². The van der Waals surface area contributed by atoms with Crippen LogP contribution in [0.3, 0.4) is 0 Å². The van der Waals surface area contributed by atoms with E-state index in [1.807, 2.05) is 36.4 Å². The second-order valence-corrected chi connectivity index (χ2v) is 4.52. The number of hydrazine groups is 1. The molecule has 0 aromatic heterocycles. The number of hydrogen-bond acceptors (Lipinski definition) is 3. The molecule has 0 radical (unpaired) electrons. The summed E-state index contributed by atoms with van der Waals surface area (Å²) in [6.07, 6.45) is 6.79. The van der Waals surface area contributed by atoms with E-state index in [1.165, 1.54) is 0 Å². The van der Waals surface area contributed by atoms with E-state index in [9.17, 15) is 0 Å². The topological polar surface area (TPSA) is 50.1 Å². The third-order valence-corrected chi connectivity index (χ3v) is 3.12. The molecule has 0 spiro atoms. The molecule has 0 fully saturated rings. The summed E-state index contributed by atoms with van der Waals surface area (Å²) in [5.74, 6) is 0. The first-order valence-corrected chi connectivity index (χ1v) is 5.80. The van der Waals surface area contributed by atoms with E-state index in [1.54, 1.807) is 0 Å². The van der Waals surface area contributed by atoms with Crippen LogP contribution in [0.25, 0.3) is 5.57 Å². The Labute approximate surface area is 105 Å². The Balaban J connectivity index is 2.18. The Kier molecular flexibility index (Phi) is 2.34. The third kappa shape index (κ3) is 1.78. The molecular weight excluding hydrogens is 234 g/mol. The van der Waals surface area contributed by atoms with Crippen molar-refractivity contribution in [2.45, 2.75) is 6.42 Å². The quantitative estimate of drug-likeness (QED) is 0.659. The highest BCUT2D eigenvalue weighted by molar-refractivity contribution is 6.31. The molecule has 4 heteroatoms. The average Bonchev–Trinajstić information content (AvgIpc) is 2.49. The van der Waals surface area contributed by atoms with Gasteiger partial charge in [0, 0.05) is 34.0 Å². The molecule has 17 heavy (non-hydrogen) atoms. The molecule has 1 aromatic rings. The Hall–Kier alpha value is -1.87. The van der Waals surface area contributed by atoms with Gasteiger partial charge in [0.2, 0.25) is 0 Å². The molecule has 1 aromatic carbocycles. The van der Waals surface area contributed by atoms with Gasteiger partial charge in [-0.3, -0.25) is 0 Å². The fourth-order valence-corrected chi connectivity index (χ4v) is 2.25. The Bertz CT molecular complexity index is 570. The Morgan fingerprint density at radius 3 is 3.00 bits per heavy atom. The Morgan fingerprint density at radius 2 is 2.12 bits per heavy atom. The van der Waals surface area contributed by atoms with Gasteiger partial charge in [-0.05, 0) is 24.3 Å². The van der Waals surface area contributed by atoms with Crippen LogP contribution in [-0.2, 0) is 0 Å². The molecule has 3 rings (SSSR count). The van der Waals surface area contributed by atoms with Gasteiger partial charge in [0.1, 0.15) is 0 Å². The second kappa shape index (κ2) is 3.86. The van der Waals surface area contributed by atoms with Gasteiger partial charge < -0.3 is 16.6 Å². The molecule has 2 aliphatic rings. The van der Waals surface area contributed by atoms with E-state index < -0.39 is 0 Å². The molecule has 86 valence electrons. The molecule has 0 amide bonds. The molecule has 1 aliphatic heterocycles. The van der Waals surface area contributed by atoms with Gasteiger partial charge in [-0.25, -0.2) is 0 Å². The van der Waals surface area contributed by atoms with Crippen LogP contribution in [0.4, 0.5) is 5.69 Å². The third-order valence-electron chi connectivity index (χ3n) is 2.89. The maximum absolute atomic E-state index is 5.98. The minimum Gasteiger partial charge on any atom is -0.399 e. The van der Waals surface area contributed by atoms with Crippen molar-refractivity contribution in [3.05, 3.63) is 58.4 Å². The van der Waals surface area contributed by atoms with E-state index >= 15 is 0 Å². The lowest BCUT2D eigenvalue weighted by molar-refractivity contribution is 0.910. The van der Waals surface area contributed by atoms with Crippen molar-refractivity contribution >= 4 is 22.9 Å². The predicted octanol–water partition coefficient (Wildman–Crippen LogP) is 2.78. The lowest BCUT2D eigenvalue weighted by atomic mass is 9.99. The van der Waals surface area contributed by atoms with Crippen LogP contribution in [0.1, 0.15) is 12.0 Å². The first-order valence-electron chi connectivity index (χ1n) is 5.43. The minimum absolute atomic E-state index is 0.714. The smallest absolute Gasteiger partial charge is 0.0633 e. The average molecular weight is 246 g/mol. The molecule has 0 bridgehead atoms. The summed E-state index contributed by atoms with van der Waals surface area (Å²) in [7, 11) is 0. The van der Waals surface area contributed by atoms with Crippen LogP contribution in [0.15, 0.2) is 47.8 Å². The van der Waals surface area contributed by atoms with Crippen molar-refractivity contribution < 1.29 is 0 Å². The highest BCUT2D eigenvalue weighted by Gasteiger charge is 2.17. The lowest BCUT2D eigenvalue weighted by Crippen LogP contribution is -2.26. The number of benzene rings is 1. The zero-order valence-electron chi connectivity index (χ0n) is 9.13. The van der Waals surface area contributed by atoms with Crippen LogP contribution in [0.2, 0.25) is 5.02 Å². The molecule has 4 N–H and O–H groups in total. The number of nitrogens with two attached hydrogens (primary N) is 1. The van der Waals surface area contributed by atoms with E-state index in [-0.39, 0.29) is 0 Å². The van der Waals surface area contributed by atoms with Gasteiger partial charge >= 0.3 is 0 Å².